The molecule has 0 aliphatic carbocycles. The molecule has 0 aromatic heterocycles. The average Bonchev–Trinajstić information content (AvgIpc) is 3.29. The van der Waals surface area contributed by atoms with Crippen molar-refractivity contribution in [3.8, 4) is 5.75 Å². The normalized spacial score (nSPS) is 18.5. The molecular weight excluding hydrogens is 386 g/mol. The molecule has 4 nitrogen and oxygen atoms in total. The Bertz CT molecular complexity index is 668. The van der Waals surface area contributed by atoms with Crippen LogP contribution in [0.2, 0.25) is 0 Å². The number of nitrogens with zero attached hydrogens (tertiary/aromatic N) is 1. The van der Waals surface area contributed by atoms with Gasteiger partial charge in [0.05, 0.1) is 13.2 Å². The number of carbonyl (C=O) groups excluding carboxylic acids is 1. The number of hydrogen-bond acceptors (Lipinski definition) is 4. The molecule has 4 atom stereocenters. The Hall–Kier alpha value is -1.39. The number of hydrogen-bond donors (Lipinski definition) is 1. The van der Waals surface area contributed by atoms with Crippen LogP contribution in [0, 0.1) is 24.7 Å². The van der Waals surface area contributed by atoms with Crippen molar-refractivity contribution >= 4 is 5.78 Å². The molecule has 1 aromatic rings. The Balaban J connectivity index is 2.10. The lowest BCUT2D eigenvalue weighted by molar-refractivity contribution is -0.125. The molecule has 4 heteroatoms. The molecule has 0 radical (unpaired) electrons. The molecule has 0 spiro atoms. The summed E-state index contributed by atoms with van der Waals surface area (Å²) in [6.07, 6.45) is 8.38. The maximum Gasteiger partial charge on any atom is 0.135 e. The predicted octanol–water partition coefficient (Wildman–Crippen LogP) is 5.95. The molecule has 1 heterocycles. The van der Waals surface area contributed by atoms with Gasteiger partial charge in [-0.3, -0.25) is 4.79 Å². The van der Waals surface area contributed by atoms with Crippen molar-refractivity contribution in [1.82, 2.24) is 4.90 Å². The second-order valence-electron chi connectivity index (χ2n) is 9.62. The maximum absolute atomic E-state index is 12.9. The Kier molecular flexibility index (Phi) is 11.0. The second kappa shape index (κ2) is 13.2. The summed E-state index contributed by atoms with van der Waals surface area (Å²) in [4.78, 5) is 15.4. The van der Waals surface area contributed by atoms with Gasteiger partial charge in [0.25, 0.3) is 0 Å². The Morgan fingerprint density at radius 3 is 2.42 bits per heavy atom. The number of benzene rings is 1. The zero-order chi connectivity index (χ0) is 22.8. The van der Waals surface area contributed by atoms with Crippen LogP contribution in [0.4, 0.5) is 0 Å². The highest BCUT2D eigenvalue weighted by atomic mass is 16.5. The molecule has 176 valence electrons. The summed E-state index contributed by atoms with van der Waals surface area (Å²) in [7, 11) is 1.67. The molecule has 0 amide bonds. The van der Waals surface area contributed by atoms with Crippen molar-refractivity contribution in [3.63, 3.8) is 0 Å². The van der Waals surface area contributed by atoms with E-state index in [4.69, 9.17) is 4.74 Å². The number of likely N-dealkylation sites (tertiary alicyclic amines) is 1. The zero-order valence-corrected chi connectivity index (χ0v) is 20.5. The van der Waals surface area contributed by atoms with Crippen molar-refractivity contribution < 1.29 is 14.6 Å². The fourth-order valence-corrected chi connectivity index (χ4v) is 4.94. The molecule has 1 fully saturated rings. The third-order valence-electron chi connectivity index (χ3n) is 7.33. The molecule has 1 saturated heterocycles. The third-order valence-corrected chi connectivity index (χ3v) is 7.33. The van der Waals surface area contributed by atoms with Crippen LogP contribution in [-0.4, -0.2) is 42.5 Å². The summed E-state index contributed by atoms with van der Waals surface area (Å²) in [5.74, 6) is 1.32. The number of rotatable bonds is 14. The fraction of sp³-hybridized carbons (Fsp3) is 0.741. The van der Waals surface area contributed by atoms with Crippen LogP contribution in [0.1, 0.15) is 89.4 Å². The van der Waals surface area contributed by atoms with Crippen molar-refractivity contribution in [3.05, 3.63) is 29.3 Å². The van der Waals surface area contributed by atoms with Gasteiger partial charge >= 0.3 is 0 Å². The van der Waals surface area contributed by atoms with Crippen LogP contribution in [0.15, 0.2) is 18.2 Å². The minimum Gasteiger partial charge on any atom is -0.496 e. The molecule has 0 saturated carbocycles. The number of aliphatic hydroxyl groups excluding tert-OH is 1. The minimum absolute atomic E-state index is 0.0323. The quantitative estimate of drug-likeness (QED) is 0.370. The van der Waals surface area contributed by atoms with Gasteiger partial charge in [0.2, 0.25) is 0 Å². The number of methoxy groups -OCH3 is 1. The summed E-state index contributed by atoms with van der Waals surface area (Å²) < 4.78 is 5.39. The highest BCUT2D eigenvalue weighted by Gasteiger charge is 2.34. The monoisotopic (exact) mass is 431 g/mol. The molecule has 1 aliphatic rings. The molecule has 1 aliphatic heterocycles. The topological polar surface area (TPSA) is 49.8 Å². The SMILES string of the molecule is CCCCCCCC(=O)C(C)C(C)C(CN1CCCC1)C(O)c1ccc(OC)c(C)c1. The predicted molar refractivity (Wildman–Crippen MR) is 129 cm³/mol. The summed E-state index contributed by atoms with van der Waals surface area (Å²) in [6, 6.07) is 5.95. The lowest BCUT2D eigenvalue weighted by Crippen LogP contribution is -2.37. The van der Waals surface area contributed by atoms with Crippen LogP contribution in [0.3, 0.4) is 0 Å². The summed E-state index contributed by atoms with van der Waals surface area (Å²) >= 11 is 0. The minimum atomic E-state index is -0.583. The van der Waals surface area contributed by atoms with Gasteiger partial charge < -0.3 is 14.7 Å². The summed E-state index contributed by atoms with van der Waals surface area (Å²) in [5, 5.41) is 11.4. The van der Waals surface area contributed by atoms with Crippen molar-refractivity contribution in [2.45, 2.75) is 85.2 Å². The van der Waals surface area contributed by atoms with E-state index in [2.05, 4.69) is 25.7 Å². The smallest absolute Gasteiger partial charge is 0.135 e. The number of aliphatic hydroxyl groups is 1. The van der Waals surface area contributed by atoms with Crippen LogP contribution in [0.25, 0.3) is 0 Å². The Morgan fingerprint density at radius 2 is 1.81 bits per heavy atom. The van der Waals surface area contributed by atoms with Crippen LogP contribution in [0.5, 0.6) is 5.75 Å². The molecule has 31 heavy (non-hydrogen) atoms. The van der Waals surface area contributed by atoms with E-state index in [0.29, 0.717) is 12.2 Å². The average molecular weight is 432 g/mol. The standard InChI is InChI=1S/C27H45NO3/c1-6-7-8-9-10-13-25(29)22(4)21(3)24(19-28-16-11-12-17-28)27(30)23-14-15-26(31-5)20(2)18-23/h14-15,18,21-22,24,27,30H,6-13,16-17,19H2,1-5H3. The van der Waals surface area contributed by atoms with Gasteiger partial charge in [-0.2, -0.15) is 0 Å². The lowest BCUT2D eigenvalue weighted by atomic mass is 9.76. The first-order valence-corrected chi connectivity index (χ1v) is 12.5. The van der Waals surface area contributed by atoms with E-state index < -0.39 is 6.10 Å². The fourth-order valence-electron chi connectivity index (χ4n) is 4.94. The van der Waals surface area contributed by atoms with Crippen molar-refractivity contribution in [1.29, 1.82) is 0 Å². The molecule has 1 N–H and O–H groups in total. The first-order valence-electron chi connectivity index (χ1n) is 12.5. The van der Waals surface area contributed by atoms with Crippen LogP contribution in [-0.2, 0) is 4.79 Å². The second-order valence-corrected chi connectivity index (χ2v) is 9.62. The van der Waals surface area contributed by atoms with Gasteiger partial charge in [0.1, 0.15) is 11.5 Å². The third kappa shape index (κ3) is 7.61. The molecule has 4 unspecified atom stereocenters. The molecular formula is C27H45NO3. The van der Waals surface area contributed by atoms with Gasteiger partial charge in [0.15, 0.2) is 0 Å². The van der Waals surface area contributed by atoms with E-state index in [9.17, 15) is 9.90 Å². The van der Waals surface area contributed by atoms with Gasteiger partial charge in [-0.25, -0.2) is 0 Å². The van der Waals surface area contributed by atoms with Gasteiger partial charge in [-0.05, 0) is 68.5 Å². The van der Waals surface area contributed by atoms with E-state index in [-0.39, 0.29) is 17.8 Å². The molecule has 0 bridgehead atoms. The number of ketones is 1. The number of Topliss-reactive ketones (excluding diaryl/α,β-unsaturated/α-hetero) is 1. The van der Waals surface area contributed by atoms with Gasteiger partial charge in [0, 0.05) is 24.8 Å². The molecule has 2 rings (SSSR count). The first kappa shape index (κ1) is 25.9. The highest BCUT2D eigenvalue weighted by Crippen LogP contribution is 2.36. The number of carbonyl (C=O) groups is 1. The summed E-state index contributed by atoms with van der Waals surface area (Å²) in [6.45, 7) is 11.5. The van der Waals surface area contributed by atoms with E-state index in [1.165, 1.54) is 32.1 Å². The zero-order valence-electron chi connectivity index (χ0n) is 20.5. The number of ether oxygens (including phenoxy) is 1. The lowest BCUT2D eigenvalue weighted by Gasteiger charge is -2.35. The van der Waals surface area contributed by atoms with E-state index in [1.807, 2.05) is 25.1 Å². The summed E-state index contributed by atoms with van der Waals surface area (Å²) in [5.41, 5.74) is 1.95. The van der Waals surface area contributed by atoms with Crippen LogP contribution >= 0.6 is 0 Å². The Labute approximate surface area is 190 Å². The Morgan fingerprint density at radius 1 is 1.13 bits per heavy atom. The van der Waals surface area contributed by atoms with E-state index >= 15 is 0 Å². The van der Waals surface area contributed by atoms with E-state index in [1.54, 1.807) is 7.11 Å². The van der Waals surface area contributed by atoms with Crippen LogP contribution < -0.4 is 4.74 Å². The maximum atomic E-state index is 12.9. The van der Waals surface area contributed by atoms with Crippen molar-refractivity contribution in [2.75, 3.05) is 26.7 Å². The highest BCUT2D eigenvalue weighted by molar-refractivity contribution is 5.80. The number of unbranched alkanes of at least 4 members (excludes halogenated alkanes) is 4. The first-order chi connectivity index (χ1) is 14.9. The van der Waals surface area contributed by atoms with E-state index in [0.717, 1.165) is 49.4 Å². The number of aryl methyl sites for hydroxylation is 1. The van der Waals surface area contributed by atoms with Gasteiger partial charge in [-0.15, -0.1) is 0 Å². The van der Waals surface area contributed by atoms with Gasteiger partial charge in [-0.1, -0.05) is 52.5 Å². The largest absolute Gasteiger partial charge is 0.496 e. The molecule has 1 aromatic carbocycles. The van der Waals surface area contributed by atoms with Crippen molar-refractivity contribution in [2.24, 2.45) is 17.8 Å².